The number of carbonyl (C=O) groups excluding carboxylic acids is 2. The van der Waals surface area contributed by atoms with Crippen LogP contribution < -0.4 is 5.73 Å². The van der Waals surface area contributed by atoms with E-state index in [4.69, 9.17) is 15.2 Å². The molecule has 6 heteroatoms. The fraction of sp³-hybridized carbons (Fsp3) is 0.833. The lowest BCUT2D eigenvalue weighted by Crippen LogP contribution is -2.32. The first-order chi connectivity index (χ1) is 14.3. The van der Waals surface area contributed by atoms with Gasteiger partial charge in [-0.2, -0.15) is 0 Å². The normalized spacial score (nSPS) is 11.8. The van der Waals surface area contributed by atoms with Gasteiger partial charge in [0.25, 0.3) is 0 Å². The first kappa shape index (κ1) is 30.8. The van der Waals surface area contributed by atoms with Crippen molar-refractivity contribution in [3.05, 3.63) is 12.2 Å². The van der Waals surface area contributed by atoms with Gasteiger partial charge in [-0.1, -0.05) is 78.1 Å². The van der Waals surface area contributed by atoms with Crippen molar-refractivity contribution in [2.24, 2.45) is 5.73 Å². The van der Waals surface area contributed by atoms with Crippen LogP contribution in [0.2, 0.25) is 0 Å². The van der Waals surface area contributed by atoms with Crippen LogP contribution in [-0.4, -0.2) is 50.3 Å². The highest BCUT2D eigenvalue weighted by atomic mass is 16.5. The maximum atomic E-state index is 11.4. The molecule has 0 bridgehead atoms. The minimum absolute atomic E-state index is 0.185. The molecule has 0 aliphatic carbocycles. The van der Waals surface area contributed by atoms with Gasteiger partial charge in [-0.3, -0.25) is 4.90 Å². The van der Waals surface area contributed by atoms with Crippen LogP contribution in [0, 0.1) is 0 Å². The van der Waals surface area contributed by atoms with Crippen LogP contribution in [0.1, 0.15) is 97.8 Å². The highest BCUT2D eigenvalue weighted by Gasteiger charge is 2.01. The molecule has 0 radical (unpaired) electrons. The Morgan fingerprint density at radius 3 is 1.33 bits per heavy atom. The molecule has 0 aromatic heterocycles. The van der Waals surface area contributed by atoms with E-state index in [1.54, 1.807) is 0 Å². The van der Waals surface area contributed by atoms with E-state index in [1.807, 2.05) is 25.9 Å². The van der Waals surface area contributed by atoms with Crippen molar-refractivity contribution in [3.63, 3.8) is 0 Å². The largest absolute Gasteiger partial charge is 0.463 e. The van der Waals surface area contributed by atoms with Gasteiger partial charge in [0.15, 0.2) is 0 Å². The molecule has 2 N–H and O–H groups in total. The molecular weight excluding hydrogens is 380 g/mol. The zero-order valence-corrected chi connectivity index (χ0v) is 20.3. The monoisotopic (exact) mass is 428 g/mol. The molecule has 30 heavy (non-hydrogen) atoms. The summed E-state index contributed by atoms with van der Waals surface area (Å²) in [5, 5.41) is 0. The smallest absolute Gasteiger partial charge is 0.331 e. The van der Waals surface area contributed by atoms with Crippen molar-refractivity contribution in [1.29, 1.82) is 0 Å². The number of hydrogen-bond acceptors (Lipinski definition) is 6. The Bertz CT molecular complexity index is 385. The van der Waals surface area contributed by atoms with Crippen LogP contribution in [0.25, 0.3) is 0 Å². The van der Waals surface area contributed by atoms with E-state index < -0.39 is 11.9 Å². The van der Waals surface area contributed by atoms with Crippen molar-refractivity contribution >= 4 is 11.9 Å². The van der Waals surface area contributed by atoms with Gasteiger partial charge < -0.3 is 15.2 Å². The Morgan fingerprint density at radius 2 is 1.03 bits per heavy atom. The minimum Gasteiger partial charge on any atom is -0.463 e. The van der Waals surface area contributed by atoms with Crippen LogP contribution in [-0.2, 0) is 19.1 Å². The summed E-state index contributed by atoms with van der Waals surface area (Å²) >= 11 is 0. The first-order valence-electron chi connectivity index (χ1n) is 11.8. The van der Waals surface area contributed by atoms with Crippen LogP contribution in [0.4, 0.5) is 0 Å². The van der Waals surface area contributed by atoms with E-state index in [0.29, 0.717) is 13.2 Å². The second-order valence-corrected chi connectivity index (χ2v) is 7.91. The Kier molecular flexibility index (Phi) is 24.5. The minimum atomic E-state index is -0.472. The van der Waals surface area contributed by atoms with Crippen LogP contribution in [0.15, 0.2) is 12.2 Å². The molecular formula is C24H48N2O4. The number of nitrogens with zero attached hydrogens (tertiary/aromatic N) is 1. The summed E-state index contributed by atoms with van der Waals surface area (Å²) in [6.07, 6.45) is 16.3. The van der Waals surface area contributed by atoms with Crippen molar-refractivity contribution in [1.82, 2.24) is 4.90 Å². The average Bonchev–Trinajstić information content (AvgIpc) is 2.71. The van der Waals surface area contributed by atoms with Crippen LogP contribution in [0.3, 0.4) is 0 Å². The van der Waals surface area contributed by atoms with Gasteiger partial charge in [-0.15, -0.1) is 0 Å². The van der Waals surface area contributed by atoms with E-state index in [9.17, 15) is 9.59 Å². The third-order valence-corrected chi connectivity index (χ3v) is 4.65. The summed E-state index contributed by atoms with van der Waals surface area (Å²) in [5.41, 5.74) is 5.36. The molecule has 0 aromatic carbocycles. The van der Waals surface area contributed by atoms with E-state index in [0.717, 1.165) is 37.8 Å². The van der Waals surface area contributed by atoms with E-state index in [-0.39, 0.29) is 6.17 Å². The standard InChI is InChI=1S/C20H36O4.C4H12N2/c1-3-5-7-9-11-13-17-23-19(21)15-16-20(22)24-18-14-12-10-8-6-4-2;1-4(5)6(2)3/h15-16H,3-14,17-18H2,1-2H3;4H,5H2,1-3H3/b16-15-;. The molecule has 0 aliphatic rings. The molecule has 0 amide bonds. The van der Waals surface area contributed by atoms with Crippen molar-refractivity contribution in [2.75, 3.05) is 27.3 Å². The summed E-state index contributed by atoms with van der Waals surface area (Å²) in [5.74, 6) is -0.944. The summed E-state index contributed by atoms with van der Waals surface area (Å²) in [6.45, 7) is 7.16. The number of nitrogens with two attached hydrogens (primary N) is 1. The van der Waals surface area contributed by atoms with Crippen molar-refractivity contribution in [2.45, 2.75) is 104 Å². The number of unbranched alkanes of at least 4 members (excludes halogenated alkanes) is 10. The quantitative estimate of drug-likeness (QED) is 0.148. The second kappa shape index (κ2) is 23.9. The van der Waals surface area contributed by atoms with Gasteiger partial charge in [-0.25, -0.2) is 9.59 Å². The zero-order valence-electron chi connectivity index (χ0n) is 20.3. The topological polar surface area (TPSA) is 81.9 Å². The summed E-state index contributed by atoms with van der Waals surface area (Å²) in [4.78, 5) is 24.8. The number of ether oxygens (including phenoxy) is 2. The number of carbonyl (C=O) groups is 2. The Balaban J connectivity index is 0. The van der Waals surface area contributed by atoms with Gasteiger partial charge in [0.1, 0.15) is 0 Å². The molecule has 0 saturated carbocycles. The van der Waals surface area contributed by atoms with Crippen molar-refractivity contribution in [3.8, 4) is 0 Å². The summed E-state index contributed by atoms with van der Waals surface area (Å²) in [7, 11) is 3.90. The third kappa shape index (κ3) is 26.6. The predicted molar refractivity (Wildman–Crippen MR) is 125 cm³/mol. The molecule has 0 heterocycles. The van der Waals surface area contributed by atoms with Gasteiger partial charge in [0, 0.05) is 12.2 Å². The average molecular weight is 429 g/mol. The Labute approximate surface area is 185 Å². The SMILES string of the molecule is CC(N)N(C)C.CCCCCCCCOC(=O)/C=C\C(=O)OCCCCCCCC. The highest BCUT2D eigenvalue weighted by Crippen LogP contribution is 2.06. The lowest BCUT2D eigenvalue weighted by Gasteiger charge is -2.12. The van der Waals surface area contributed by atoms with Gasteiger partial charge >= 0.3 is 11.9 Å². The molecule has 0 rings (SSSR count). The van der Waals surface area contributed by atoms with Gasteiger partial charge in [0.2, 0.25) is 0 Å². The summed E-state index contributed by atoms with van der Waals surface area (Å²) < 4.78 is 10.1. The predicted octanol–water partition coefficient (Wildman–Crippen LogP) is 5.20. The molecule has 0 fully saturated rings. The molecule has 0 aromatic rings. The fourth-order valence-corrected chi connectivity index (χ4v) is 2.34. The fourth-order valence-electron chi connectivity index (χ4n) is 2.34. The molecule has 0 aliphatic heterocycles. The van der Waals surface area contributed by atoms with Gasteiger partial charge in [0.05, 0.1) is 19.4 Å². The van der Waals surface area contributed by atoms with Crippen molar-refractivity contribution < 1.29 is 19.1 Å². The number of rotatable bonds is 17. The Morgan fingerprint density at radius 1 is 0.733 bits per heavy atom. The number of esters is 2. The molecule has 6 nitrogen and oxygen atoms in total. The third-order valence-electron chi connectivity index (χ3n) is 4.65. The molecule has 178 valence electrons. The number of hydrogen-bond donors (Lipinski definition) is 1. The highest BCUT2D eigenvalue weighted by molar-refractivity contribution is 5.91. The zero-order chi connectivity index (χ0) is 23.0. The Hall–Kier alpha value is -1.40. The maximum Gasteiger partial charge on any atom is 0.331 e. The van der Waals surface area contributed by atoms with Gasteiger partial charge in [-0.05, 0) is 33.9 Å². The molecule has 0 spiro atoms. The van der Waals surface area contributed by atoms with Crippen LogP contribution >= 0.6 is 0 Å². The van der Waals surface area contributed by atoms with E-state index in [1.165, 1.54) is 51.4 Å². The molecule has 1 atom stereocenters. The maximum absolute atomic E-state index is 11.4. The summed E-state index contributed by atoms with van der Waals surface area (Å²) in [6, 6.07) is 0. The van der Waals surface area contributed by atoms with E-state index in [2.05, 4.69) is 13.8 Å². The second-order valence-electron chi connectivity index (χ2n) is 7.91. The van der Waals surface area contributed by atoms with Crippen LogP contribution in [0.5, 0.6) is 0 Å². The molecule has 0 saturated heterocycles. The lowest BCUT2D eigenvalue weighted by atomic mass is 10.1. The molecule has 1 unspecified atom stereocenters. The first-order valence-corrected chi connectivity index (χ1v) is 11.8. The van der Waals surface area contributed by atoms with E-state index >= 15 is 0 Å². The lowest BCUT2D eigenvalue weighted by molar-refractivity contribution is -0.140.